The smallest absolute Gasteiger partial charge is 0.310 e. The number of esters is 1. The van der Waals surface area contributed by atoms with E-state index in [0.717, 1.165) is 37.0 Å². The van der Waals surface area contributed by atoms with Crippen LogP contribution in [0.25, 0.3) is 0 Å². The van der Waals surface area contributed by atoms with Crippen molar-refractivity contribution in [1.29, 1.82) is 0 Å². The molecule has 0 spiro atoms. The molecule has 0 bridgehead atoms. The number of carbonyl (C=O) groups excluding carboxylic acids is 3. The van der Waals surface area contributed by atoms with E-state index in [0.29, 0.717) is 0 Å². The van der Waals surface area contributed by atoms with Crippen LogP contribution in [0.5, 0.6) is 0 Å². The monoisotopic (exact) mass is 418 g/mol. The first-order chi connectivity index (χ1) is 14.4. The van der Waals surface area contributed by atoms with Gasteiger partial charge < -0.3 is 15.4 Å². The Labute approximate surface area is 173 Å². The molecular formula is C22H24F2N2O4. The molecule has 0 heterocycles. The van der Waals surface area contributed by atoms with Crippen LogP contribution in [-0.4, -0.2) is 30.9 Å². The van der Waals surface area contributed by atoms with E-state index >= 15 is 0 Å². The highest BCUT2D eigenvalue weighted by Gasteiger charge is 2.11. The highest BCUT2D eigenvalue weighted by atomic mass is 19.2. The summed E-state index contributed by atoms with van der Waals surface area (Å²) in [7, 11) is 0. The van der Waals surface area contributed by atoms with Crippen LogP contribution in [0, 0.1) is 11.6 Å². The van der Waals surface area contributed by atoms with Gasteiger partial charge in [0.25, 0.3) is 5.91 Å². The summed E-state index contributed by atoms with van der Waals surface area (Å²) in [5.41, 5.74) is 2.04. The van der Waals surface area contributed by atoms with Crippen molar-refractivity contribution in [3.63, 3.8) is 0 Å². The second-order valence-corrected chi connectivity index (χ2v) is 6.71. The van der Waals surface area contributed by atoms with Crippen molar-refractivity contribution in [3.8, 4) is 0 Å². The minimum Gasteiger partial charge on any atom is -0.455 e. The first kappa shape index (κ1) is 23.0. The van der Waals surface area contributed by atoms with Gasteiger partial charge in [0.2, 0.25) is 5.91 Å². The van der Waals surface area contributed by atoms with E-state index in [-0.39, 0.29) is 12.1 Å². The van der Waals surface area contributed by atoms with Crippen molar-refractivity contribution in [1.82, 2.24) is 5.32 Å². The fourth-order valence-electron chi connectivity index (χ4n) is 2.58. The van der Waals surface area contributed by atoms with Crippen LogP contribution >= 0.6 is 0 Å². The van der Waals surface area contributed by atoms with Crippen molar-refractivity contribution in [2.45, 2.75) is 32.6 Å². The molecule has 6 nitrogen and oxygen atoms in total. The summed E-state index contributed by atoms with van der Waals surface area (Å²) < 4.78 is 30.9. The van der Waals surface area contributed by atoms with E-state index in [1.54, 1.807) is 0 Å². The molecular weight excluding hydrogens is 394 g/mol. The molecule has 0 aliphatic carbocycles. The number of anilines is 1. The summed E-state index contributed by atoms with van der Waals surface area (Å²) in [6.07, 6.45) is 3.25. The number of unbranched alkanes of at least 4 members (excludes halogenated alkanes) is 1. The molecule has 160 valence electrons. The number of carbonyl (C=O) groups is 3. The van der Waals surface area contributed by atoms with Crippen molar-refractivity contribution in [2.75, 3.05) is 18.5 Å². The number of ether oxygens (including phenoxy) is 1. The van der Waals surface area contributed by atoms with Crippen LogP contribution in [-0.2, 0) is 32.0 Å². The van der Waals surface area contributed by atoms with Crippen molar-refractivity contribution < 1.29 is 27.9 Å². The molecule has 0 radical (unpaired) electrons. The van der Waals surface area contributed by atoms with Gasteiger partial charge in [0.1, 0.15) is 0 Å². The molecule has 2 rings (SSSR count). The number of rotatable bonds is 10. The standard InChI is InChI=1S/C22H24F2N2O4/c1-2-3-4-15-5-7-16(8-6-15)11-22(29)30-14-21(28)25-13-20(27)26-17-9-10-18(23)19(24)12-17/h5-10,12H,2-4,11,13-14H2,1H3,(H,25,28)(H,26,27). The lowest BCUT2D eigenvalue weighted by Crippen LogP contribution is -2.35. The van der Waals surface area contributed by atoms with Crippen LogP contribution in [0.4, 0.5) is 14.5 Å². The fraction of sp³-hybridized carbons (Fsp3) is 0.318. The maximum atomic E-state index is 13.1. The number of aryl methyl sites for hydroxylation is 1. The van der Waals surface area contributed by atoms with Gasteiger partial charge in [-0.25, -0.2) is 8.78 Å². The van der Waals surface area contributed by atoms with Crippen molar-refractivity contribution >= 4 is 23.5 Å². The second kappa shape index (κ2) is 11.6. The summed E-state index contributed by atoms with van der Waals surface area (Å²) in [6, 6.07) is 10.5. The number of benzene rings is 2. The molecule has 0 aliphatic rings. The predicted octanol–water partition coefficient (Wildman–Crippen LogP) is 3.15. The molecule has 0 saturated heterocycles. The van der Waals surface area contributed by atoms with E-state index in [9.17, 15) is 23.2 Å². The molecule has 2 aromatic rings. The van der Waals surface area contributed by atoms with E-state index in [1.165, 1.54) is 11.6 Å². The second-order valence-electron chi connectivity index (χ2n) is 6.71. The van der Waals surface area contributed by atoms with E-state index < -0.39 is 42.6 Å². The Balaban J connectivity index is 1.67. The van der Waals surface area contributed by atoms with Gasteiger partial charge in [-0.1, -0.05) is 37.6 Å². The summed E-state index contributed by atoms with van der Waals surface area (Å²) in [6.45, 7) is 1.19. The molecule has 2 aromatic carbocycles. The summed E-state index contributed by atoms with van der Waals surface area (Å²) in [4.78, 5) is 35.3. The van der Waals surface area contributed by atoms with Crippen LogP contribution in [0.2, 0.25) is 0 Å². The Bertz CT molecular complexity index is 885. The van der Waals surface area contributed by atoms with Gasteiger partial charge in [0.05, 0.1) is 13.0 Å². The average molecular weight is 418 g/mol. The van der Waals surface area contributed by atoms with Crippen LogP contribution in [0.15, 0.2) is 42.5 Å². The van der Waals surface area contributed by atoms with Crippen molar-refractivity contribution in [2.24, 2.45) is 0 Å². The highest BCUT2D eigenvalue weighted by Crippen LogP contribution is 2.12. The summed E-state index contributed by atoms with van der Waals surface area (Å²) in [5.74, 6) is -3.98. The lowest BCUT2D eigenvalue weighted by Gasteiger charge is -2.08. The van der Waals surface area contributed by atoms with E-state index in [1.807, 2.05) is 24.3 Å². The predicted molar refractivity (Wildman–Crippen MR) is 108 cm³/mol. The molecule has 0 aliphatic heterocycles. The maximum absolute atomic E-state index is 13.1. The summed E-state index contributed by atoms with van der Waals surface area (Å²) in [5, 5.41) is 4.59. The van der Waals surface area contributed by atoms with Gasteiger partial charge in [0, 0.05) is 11.8 Å². The lowest BCUT2D eigenvalue weighted by atomic mass is 10.1. The third-order valence-corrected chi connectivity index (χ3v) is 4.20. The minimum absolute atomic E-state index is 0.0396. The zero-order valence-electron chi connectivity index (χ0n) is 16.7. The summed E-state index contributed by atoms with van der Waals surface area (Å²) >= 11 is 0. The van der Waals surface area contributed by atoms with Crippen LogP contribution in [0.1, 0.15) is 30.9 Å². The normalized spacial score (nSPS) is 10.4. The van der Waals surface area contributed by atoms with Crippen LogP contribution in [0.3, 0.4) is 0 Å². The van der Waals surface area contributed by atoms with E-state index in [4.69, 9.17) is 4.74 Å². The number of hydrogen-bond acceptors (Lipinski definition) is 4. The van der Waals surface area contributed by atoms with E-state index in [2.05, 4.69) is 17.6 Å². The first-order valence-electron chi connectivity index (χ1n) is 9.62. The van der Waals surface area contributed by atoms with Gasteiger partial charge >= 0.3 is 5.97 Å². The minimum atomic E-state index is -1.10. The molecule has 8 heteroatoms. The molecule has 30 heavy (non-hydrogen) atoms. The van der Waals surface area contributed by atoms with Gasteiger partial charge in [0.15, 0.2) is 18.2 Å². The Morgan fingerprint density at radius 1 is 0.933 bits per heavy atom. The van der Waals surface area contributed by atoms with Crippen molar-refractivity contribution in [3.05, 3.63) is 65.2 Å². The number of halogens is 2. The Morgan fingerprint density at radius 2 is 1.63 bits per heavy atom. The van der Waals surface area contributed by atoms with Gasteiger partial charge in [-0.2, -0.15) is 0 Å². The number of nitrogens with one attached hydrogen (secondary N) is 2. The highest BCUT2D eigenvalue weighted by molar-refractivity contribution is 5.94. The lowest BCUT2D eigenvalue weighted by molar-refractivity contribution is -0.147. The average Bonchev–Trinajstić information content (AvgIpc) is 2.73. The molecule has 0 saturated carbocycles. The molecule has 0 atom stereocenters. The topological polar surface area (TPSA) is 84.5 Å². The SMILES string of the molecule is CCCCc1ccc(CC(=O)OCC(=O)NCC(=O)Nc2ccc(F)c(F)c2)cc1. The third kappa shape index (κ3) is 7.98. The Morgan fingerprint density at radius 3 is 2.30 bits per heavy atom. The molecule has 2 N–H and O–H groups in total. The Hall–Kier alpha value is -3.29. The van der Waals surface area contributed by atoms with Crippen LogP contribution < -0.4 is 10.6 Å². The number of amides is 2. The fourth-order valence-corrected chi connectivity index (χ4v) is 2.58. The van der Waals surface area contributed by atoms with Gasteiger partial charge in [-0.05, 0) is 36.1 Å². The van der Waals surface area contributed by atoms with Gasteiger partial charge in [-0.3, -0.25) is 14.4 Å². The number of hydrogen-bond donors (Lipinski definition) is 2. The maximum Gasteiger partial charge on any atom is 0.310 e. The largest absolute Gasteiger partial charge is 0.455 e. The van der Waals surface area contributed by atoms with Gasteiger partial charge in [-0.15, -0.1) is 0 Å². The zero-order valence-corrected chi connectivity index (χ0v) is 16.7. The third-order valence-electron chi connectivity index (χ3n) is 4.20. The molecule has 0 unspecified atom stereocenters. The molecule has 2 amide bonds. The first-order valence-corrected chi connectivity index (χ1v) is 9.62. The zero-order chi connectivity index (χ0) is 21.9. The molecule has 0 aromatic heterocycles. The quantitative estimate of drug-likeness (QED) is 0.581. The molecule has 0 fully saturated rings. The Kier molecular flexibility index (Phi) is 8.93.